The van der Waals surface area contributed by atoms with E-state index in [4.69, 9.17) is 0 Å². The zero-order valence-corrected chi connectivity index (χ0v) is 13.3. The molecular weight excluding hydrogens is 290 g/mol. The van der Waals surface area contributed by atoms with Crippen LogP contribution >= 0.6 is 0 Å². The van der Waals surface area contributed by atoms with Gasteiger partial charge in [0.25, 0.3) is 0 Å². The summed E-state index contributed by atoms with van der Waals surface area (Å²) >= 11 is 0. The third kappa shape index (κ3) is 4.15. The number of likely N-dealkylation sites (tertiary alicyclic amines) is 1. The molecule has 0 aromatic carbocycles. The van der Waals surface area contributed by atoms with Crippen LogP contribution in [0.4, 0.5) is 0 Å². The van der Waals surface area contributed by atoms with Crippen molar-refractivity contribution < 1.29 is 8.42 Å². The minimum atomic E-state index is -3.58. The van der Waals surface area contributed by atoms with Gasteiger partial charge in [0.1, 0.15) is 0 Å². The lowest BCUT2D eigenvalue weighted by Gasteiger charge is -2.30. The second-order valence-electron chi connectivity index (χ2n) is 5.79. The first-order chi connectivity index (χ1) is 9.90. The molecule has 118 valence electrons. The lowest BCUT2D eigenvalue weighted by atomic mass is 10.0. The van der Waals surface area contributed by atoms with E-state index >= 15 is 0 Å². The average Bonchev–Trinajstić information content (AvgIpc) is 2.93. The largest absolute Gasteiger partial charge is 0.328 e. The SMILES string of the molecule is CC(C)C(CNS(=O)(=O)c1ccc(=O)[nH]c1)N1CCCC1. The Bertz CT molecular complexity index is 598. The first-order valence-electron chi connectivity index (χ1n) is 7.32. The maximum atomic E-state index is 12.2. The third-order valence-corrected chi connectivity index (χ3v) is 5.35. The minimum absolute atomic E-state index is 0.0889. The topological polar surface area (TPSA) is 82.3 Å². The maximum absolute atomic E-state index is 12.2. The molecule has 1 aromatic rings. The molecule has 1 unspecified atom stereocenters. The summed E-state index contributed by atoms with van der Waals surface area (Å²) in [7, 11) is -3.58. The van der Waals surface area contributed by atoms with Crippen LogP contribution in [0.15, 0.2) is 28.0 Å². The van der Waals surface area contributed by atoms with Crippen LogP contribution in [0, 0.1) is 5.92 Å². The number of nitrogens with zero attached hydrogens (tertiary/aromatic N) is 1. The van der Waals surface area contributed by atoms with E-state index in [-0.39, 0.29) is 16.5 Å². The summed E-state index contributed by atoms with van der Waals surface area (Å²) in [6.07, 6.45) is 3.58. The van der Waals surface area contributed by atoms with Gasteiger partial charge in [-0.15, -0.1) is 0 Å². The summed E-state index contributed by atoms with van der Waals surface area (Å²) in [6, 6.07) is 2.74. The Balaban J connectivity index is 2.05. The normalized spacial score (nSPS) is 18.2. The molecule has 1 fully saturated rings. The number of hydrogen-bond donors (Lipinski definition) is 2. The van der Waals surface area contributed by atoms with Crippen molar-refractivity contribution in [2.75, 3.05) is 19.6 Å². The van der Waals surface area contributed by atoms with Crippen molar-refractivity contribution in [2.45, 2.75) is 37.6 Å². The highest BCUT2D eigenvalue weighted by molar-refractivity contribution is 7.89. The molecule has 2 rings (SSSR count). The first kappa shape index (κ1) is 16.2. The van der Waals surface area contributed by atoms with Gasteiger partial charge in [0.15, 0.2) is 0 Å². The number of hydrogen-bond acceptors (Lipinski definition) is 4. The van der Waals surface area contributed by atoms with Gasteiger partial charge < -0.3 is 4.98 Å². The smallest absolute Gasteiger partial charge is 0.247 e. The molecule has 1 aliphatic heterocycles. The lowest BCUT2D eigenvalue weighted by Crippen LogP contribution is -2.45. The highest BCUT2D eigenvalue weighted by atomic mass is 32.2. The molecule has 1 saturated heterocycles. The second-order valence-corrected chi connectivity index (χ2v) is 7.56. The van der Waals surface area contributed by atoms with Crippen LogP contribution in [0.3, 0.4) is 0 Å². The van der Waals surface area contributed by atoms with E-state index in [9.17, 15) is 13.2 Å². The Hall–Kier alpha value is -1.18. The number of sulfonamides is 1. The highest BCUT2D eigenvalue weighted by Gasteiger charge is 2.26. The van der Waals surface area contributed by atoms with Gasteiger partial charge in [-0.1, -0.05) is 13.8 Å². The summed E-state index contributed by atoms with van der Waals surface area (Å²) < 4.78 is 27.1. The minimum Gasteiger partial charge on any atom is -0.328 e. The molecule has 6 nitrogen and oxygen atoms in total. The quantitative estimate of drug-likeness (QED) is 0.813. The molecule has 1 aromatic heterocycles. The number of aromatic nitrogens is 1. The van der Waals surface area contributed by atoms with Gasteiger partial charge in [-0.2, -0.15) is 0 Å². The van der Waals surface area contributed by atoms with Crippen LogP contribution in [0.5, 0.6) is 0 Å². The fourth-order valence-corrected chi connectivity index (χ4v) is 3.72. The van der Waals surface area contributed by atoms with E-state index < -0.39 is 10.0 Å². The van der Waals surface area contributed by atoms with Gasteiger partial charge in [-0.3, -0.25) is 9.69 Å². The Morgan fingerprint density at radius 1 is 1.29 bits per heavy atom. The second kappa shape index (κ2) is 6.72. The van der Waals surface area contributed by atoms with E-state index in [2.05, 4.69) is 28.5 Å². The molecular formula is C14H23N3O3S. The highest BCUT2D eigenvalue weighted by Crippen LogP contribution is 2.17. The molecule has 0 spiro atoms. The van der Waals surface area contributed by atoms with Gasteiger partial charge in [0, 0.05) is 24.8 Å². The van der Waals surface area contributed by atoms with Crippen molar-refractivity contribution in [1.82, 2.24) is 14.6 Å². The monoisotopic (exact) mass is 313 g/mol. The van der Waals surface area contributed by atoms with Gasteiger partial charge in [-0.05, 0) is 37.9 Å². The number of aromatic amines is 1. The Morgan fingerprint density at radius 2 is 1.95 bits per heavy atom. The molecule has 0 saturated carbocycles. The molecule has 1 aliphatic rings. The summed E-state index contributed by atoms with van der Waals surface area (Å²) in [5.74, 6) is 0.376. The van der Waals surface area contributed by atoms with Crippen molar-refractivity contribution in [2.24, 2.45) is 5.92 Å². The number of H-pyrrole nitrogens is 1. The summed E-state index contributed by atoms with van der Waals surface area (Å²) in [5, 5.41) is 0. The summed E-state index contributed by atoms with van der Waals surface area (Å²) in [5.41, 5.74) is -0.314. The molecule has 0 bridgehead atoms. The average molecular weight is 313 g/mol. The maximum Gasteiger partial charge on any atom is 0.247 e. The van der Waals surface area contributed by atoms with Crippen molar-refractivity contribution in [3.63, 3.8) is 0 Å². The Labute approximate surface area is 125 Å². The third-order valence-electron chi connectivity index (χ3n) is 3.93. The van der Waals surface area contributed by atoms with Crippen molar-refractivity contribution in [3.8, 4) is 0 Å². The van der Waals surface area contributed by atoms with Gasteiger partial charge in [0.2, 0.25) is 15.6 Å². The number of pyridine rings is 1. The molecule has 0 aliphatic carbocycles. The van der Waals surface area contributed by atoms with E-state index in [1.165, 1.54) is 31.2 Å². The van der Waals surface area contributed by atoms with E-state index in [0.717, 1.165) is 13.1 Å². The summed E-state index contributed by atoms with van der Waals surface area (Å²) in [4.78, 5) is 15.8. The van der Waals surface area contributed by atoms with Crippen LogP contribution in [0.1, 0.15) is 26.7 Å². The standard InChI is InChI=1S/C14H23N3O3S/c1-11(2)13(17-7-3-4-8-17)10-16-21(19,20)12-5-6-14(18)15-9-12/h5-6,9,11,13,16H,3-4,7-8,10H2,1-2H3,(H,15,18). The van der Waals surface area contributed by atoms with Crippen LogP contribution in [0.25, 0.3) is 0 Å². The predicted octanol–water partition coefficient (Wildman–Crippen LogP) is 0.774. The molecule has 0 radical (unpaired) electrons. The predicted molar refractivity (Wildman–Crippen MR) is 81.7 cm³/mol. The zero-order valence-electron chi connectivity index (χ0n) is 12.5. The van der Waals surface area contributed by atoms with E-state index in [0.29, 0.717) is 12.5 Å². The molecule has 2 N–H and O–H groups in total. The van der Waals surface area contributed by atoms with Crippen molar-refractivity contribution in [1.29, 1.82) is 0 Å². The lowest BCUT2D eigenvalue weighted by molar-refractivity contribution is 0.193. The fraction of sp³-hybridized carbons (Fsp3) is 0.643. The van der Waals surface area contributed by atoms with Crippen LogP contribution in [-0.2, 0) is 10.0 Å². The Morgan fingerprint density at radius 3 is 2.48 bits per heavy atom. The van der Waals surface area contributed by atoms with Gasteiger partial charge >= 0.3 is 0 Å². The molecule has 1 atom stereocenters. The van der Waals surface area contributed by atoms with Crippen molar-refractivity contribution in [3.05, 3.63) is 28.7 Å². The molecule has 21 heavy (non-hydrogen) atoms. The van der Waals surface area contributed by atoms with E-state index in [1.807, 2.05) is 0 Å². The zero-order chi connectivity index (χ0) is 15.5. The van der Waals surface area contributed by atoms with Crippen molar-refractivity contribution >= 4 is 10.0 Å². The number of rotatable bonds is 6. The molecule has 0 amide bonds. The van der Waals surface area contributed by atoms with Crippen LogP contribution in [-0.4, -0.2) is 44.0 Å². The van der Waals surface area contributed by atoms with Crippen LogP contribution in [0.2, 0.25) is 0 Å². The molecule has 2 heterocycles. The van der Waals surface area contributed by atoms with E-state index in [1.54, 1.807) is 0 Å². The Kier molecular flexibility index (Phi) is 5.18. The summed E-state index contributed by atoms with van der Waals surface area (Å²) in [6.45, 7) is 6.67. The molecule has 7 heteroatoms. The van der Waals surface area contributed by atoms with Gasteiger partial charge in [-0.25, -0.2) is 13.1 Å². The number of nitrogens with one attached hydrogen (secondary N) is 2. The fourth-order valence-electron chi connectivity index (χ4n) is 2.70. The van der Waals surface area contributed by atoms with Gasteiger partial charge in [0.05, 0.1) is 4.90 Å². The first-order valence-corrected chi connectivity index (χ1v) is 8.81. The van der Waals surface area contributed by atoms with Crippen LogP contribution < -0.4 is 10.3 Å².